The zero-order valence-corrected chi connectivity index (χ0v) is 19.1. The molecule has 0 aliphatic heterocycles. The first kappa shape index (κ1) is 20.8. The van der Waals surface area contributed by atoms with Gasteiger partial charge in [-0.05, 0) is 56.2 Å². The number of thiophene rings is 1. The van der Waals surface area contributed by atoms with Gasteiger partial charge in [-0.1, -0.05) is 35.3 Å². The number of rotatable bonds is 5. The smallest absolute Gasteiger partial charge is 0.270 e. The highest BCUT2D eigenvalue weighted by atomic mass is 35.5. The third-order valence-electron chi connectivity index (χ3n) is 5.00. The third-order valence-corrected chi connectivity index (χ3v) is 6.58. The Labute approximate surface area is 188 Å². The molecule has 0 N–H and O–H groups in total. The van der Waals surface area contributed by atoms with Crippen molar-refractivity contribution in [1.82, 2.24) is 19.3 Å². The van der Waals surface area contributed by atoms with Gasteiger partial charge in [-0.3, -0.25) is 4.79 Å². The van der Waals surface area contributed by atoms with Gasteiger partial charge in [0.2, 0.25) is 0 Å². The lowest BCUT2D eigenvalue weighted by atomic mass is 10.0. The molecular formula is C22H20Cl2N4OS. The first-order valence-electron chi connectivity index (χ1n) is 9.46. The normalized spacial score (nSPS) is 12.3. The van der Waals surface area contributed by atoms with Crippen molar-refractivity contribution >= 4 is 34.5 Å². The first-order valence-corrected chi connectivity index (χ1v) is 11.0. The van der Waals surface area contributed by atoms with E-state index in [1.165, 1.54) is 16.0 Å². The third kappa shape index (κ3) is 4.21. The summed E-state index contributed by atoms with van der Waals surface area (Å²) in [4.78, 5) is 18.4. The summed E-state index contributed by atoms with van der Waals surface area (Å²) in [6, 6.07) is 11.3. The first-order chi connectivity index (χ1) is 14.3. The summed E-state index contributed by atoms with van der Waals surface area (Å²) in [6.07, 6.45) is 4.27. The van der Waals surface area contributed by atoms with Crippen LogP contribution < -0.4 is 5.56 Å². The van der Waals surface area contributed by atoms with Crippen molar-refractivity contribution < 1.29 is 0 Å². The number of aromatic nitrogens is 4. The van der Waals surface area contributed by atoms with Crippen LogP contribution in [0.2, 0.25) is 9.49 Å². The van der Waals surface area contributed by atoms with Crippen LogP contribution >= 0.6 is 34.5 Å². The molecule has 4 rings (SSSR count). The van der Waals surface area contributed by atoms with Gasteiger partial charge in [-0.2, -0.15) is 5.10 Å². The lowest BCUT2D eigenvalue weighted by molar-refractivity contribution is 0.534. The van der Waals surface area contributed by atoms with Gasteiger partial charge in [0.25, 0.3) is 5.56 Å². The molecule has 154 valence electrons. The zero-order chi connectivity index (χ0) is 21.4. The molecule has 4 aromatic rings. The number of halogens is 2. The molecule has 1 aromatic carbocycles. The molecule has 0 radical (unpaired) electrons. The molecule has 1 atom stereocenters. The van der Waals surface area contributed by atoms with Crippen molar-refractivity contribution in [3.05, 3.63) is 96.0 Å². The number of hydrogen-bond donors (Lipinski definition) is 0. The van der Waals surface area contributed by atoms with Crippen LogP contribution in [0.4, 0.5) is 0 Å². The molecule has 0 saturated carbocycles. The van der Waals surface area contributed by atoms with Gasteiger partial charge in [0.1, 0.15) is 5.15 Å². The quantitative estimate of drug-likeness (QED) is 0.390. The summed E-state index contributed by atoms with van der Waals surface area (Å²) < 4.78 is 4.12. The van der Waals surface area contributed by atoms with Crippen molar-refractivity contribution in [2.75, 3.05) is 0 Å². The van der Waals surface area contributed by atoms with E-state index in [0.29, 0.717) is 21.5 Å². The van der Waals surface area contributed by atoms with Gasteiger partial charge >= 0.3 is 0 Å². The number of nitrogens with zero attached hydrogens (tertiary/aromatic N) is 4. The Morgan fingerprint density at radius 2 is 1.93 bits per heavy atom. The molecule has 3 heterocycles. The summed E-state index contributed by atoms with van der Waals surface area (Å²) in [5, 5.41) is 4.55. The predicted octanol–water partition coefficient (Wildman–Crippen LogP) is 5.61. The number of aryl methyl sites for hydroxylation is 2. The minimum Gasteiger partial charge on any atom is -0.306 e. The topological polar surface area (TPSA) is 52.7 Å². The molecule has 5 nitrogen and oxygen atoms in total. The van der Waals surface area contributed by atoms with Gasteiger partial charge in [-0.15, -0.1) is 11.3 Å². The maximum Gasteiger partial charge on any atom is 0.270 e. The van der Waals surface area contributed by atoms with Gasteiger partial charge < -0.3 is 4.57 Å². The van der Waals surface area contributed by atoms with Crippen LogP contribution in [0, 0.1) is 13.8 Å². The Hall–Kier alpha value is -2.41. The maximum absolute atomic E-state index is 13.1. The molecular weight excluding hydrogens is 439 g/mol. The van der Waals surface area contributed by atoms with Crippen LogP contribution in [0.1, 0.15) is 40.2 Å². The summed E-state index contributed by atoms with van der Waals surface area (Å²) in [7, 11) is 0. The van der Waals surface area contributed by atoms with Gasteiger partial charge in [-0.25, -0.2) is 9.67 Å². The average Bonchev–Trinajstić information content (AvgIpc) is 3.32. The Balaban J connectivity index is 1.66. The second-order valence-electron chi connectivity index (χ2n) is 7.28. The molecule has 0 unspecified atom stereocenters. The Kier molecular flexibility index (Phi) is 5.82. The van der Waals surface area contributed by atoms with E-state index in [1.807, 2.05) is 48.9 Å². The zero-order valence-electron chi connectivity index (χ0n) is 16.8. The van der Waals surface area contributed by atoms with Crippen LogP contribution in [0.15, 0.2) is 53.7 Å². The Morgan fingerprint density at radius 1 is 1.13 bits per heavy atom. The van der Waals surface area contributed by atoms with Crippen molar-refractivity contribution in [2.24, 2.45) is 0 Å². The van der Waals surface area contributed by atoms with Crippen LogP contribution in [-0.4, -0.2) is 19.3 Å². The van der Waals surface area contributed by atoms with Crippen molar-refractivity contribution in [1.29, 1.82) is 0 Å². The van der Waals surface area contributed by atoms with Gasteiger partial charge in [0.05, 0.1) is 22.4 Å². The molecule has 30 heavy (non-hydrogen) atoms. The fraction of sp³-hybridized carbons (Fsp3) is 0.227. The van der Waals surface area contributed by atoms with E-state index in [9.17, 15) is 4.79 Å². The molecule has 0 amide bonds. The van der Waals surface area contributed by atoms with E-state index in [4.69, 9.17) is 23.2 Å². The van der Waals surface area contributed by atoms with Gasteiger partial charge in [0.15, 0.2) is 0 Å². The van der Waals surface area contributed by atoms with Crippen LogP contribution in [-0.2, 0) is 6.42 Å². The van der Waals surface area contributed by atoms with Crippen molar-refractivity contribution in [3.8, 4) is 5.69 Å². The van der Waals surface area contributed by atoms with Crippen LogP contribution in [0.25, 0.3) is 5.69 Å². The molecule has 3 aromatic heterocycles. The second kappa shape index (κ2) is 8.38. The fourth-order valence-electron chi connectivity index (χ4n) is 3.48. The van der Waals surface area contributed by atoms with Crippen LogP contribution in [0.5, 0.6) is 0 Å². The van der Waals surface area contributed by atoms with Crippen LogP contribution in [0.3, 0.4) is 0 Å². The van der Waals surface area contributed by atoms with Gasteiger partial charge in [0, 0.05) is 28.7 Å². The predicted molar refractivity (Wildman–Crippen MR) is 122 cm³/mol. The highest BCUT2D eigenvalue weighted by molar-refractivity contribution is 7.16. The summed E-state index contributed by atoms with van der Waals surface area (Å²) in [6.45, 7) is 5.93. The number of imidazole rings is 1. The monoisotopic (exact) mass is 458 g/mol. The largest absolute Gasteiger partial charge is 0.306 e. The second-order valence-corrected chi connectivity index (χ2v) is 9.41. The summed E-state index contributed by atoms with van der Waals surface area (Å²) in [5.74, 6) is 0. The minimum atomic E-state index is -0.249. The Bertz CT molecular complexity index is 1270. The Morgan fingerprint density at radius 3 is 2.57 bits per heavy atom. The van der Waals surface area contributed by atoms with E-state index in [2.05, 4.69) is 23.1 Å². The maximum atomic E-state index is 13.1. The average molecular weight is 459 g/mol. The van der Waals surface area contributed by atoms with E-state index in [0.717, 1.165) is 27.4 Å². The lowest BCUT2D eigenvalue weighted by Crippen LogP contribution is -2.29. The molecule has 8 heteroatoms. The summed E-state index contributed by atoms with van der Waals surface area (Å²) in [5.41, 5.74) is 4.62. The van der Waals surface area contributed by atoms with E-state index in [-0.39, 0.29) is 11.6 Å². The molecule has 0 saturated heterocycles. The van der Waals surface area contributed by atoms with Crippen molar-refractivity contribution in [3.63, 3.8) is 0 Å². The lowest BCUT2D eigenvalue weighted by Gasteiger charge is -2.14. The molecule has 0 fully saturated rings. The van der Waals surface area contributed by atoms with E-state index in [1.54, 1.807) is 12.4 Å². The van der Waals surface area contributed by atoms with E-state index >= 15 is 0 Å². The fourth-order valence-corrected chi connectivity index (χ4v) is 4.79. The highest BCUT2D eigenvalue weighted by Gasteiger charge is 2.17. The molecule has 0 spiro atoms. The summed E-state index contributed by atoms with van der Waals surface area (Å²) >= 11 is 13.7. The van der Waals surface area contributed by atoms with Crippen molar-refractivity contribution in [2.45, 2.75) is 33.2 Å². The standard InChI is InChI=1S/C22H20Cl2N4OS/c1-13-8-16(4-5-18(13)27-11-14(2)25-12-27)9-17-10-20(23)26-28(22(17)29)15(3)19-6-7-21(24)30-19/h4-8,10-12,15H,9H2,1-3H3/t15-/m0/s1. The molecule has 0 aliphatic rings. The molecule has 0 bridgehead atoms. The number of hydrogen-bond acceptors (Lipinski definition) is 4. The molecule has 0 aliphatic carbocycles. The van der Waals surface area contributed by atoms with E-state index < -0.39 is 0 Å². The SMILES string of the molecule is Cc1cn(-c2ccc(Cc3cc(Cl)nn([C@@H](C)c4ccc(Cl)s4)c3=O)cc2C)cn1. The highest BCUT2D eigenvalue weighted by Crippen LogP contribution is 2.28. The number of benzene rings is 1. The minimum absolute atomic E-state index is 0.150.